The van der Waals surface area contributed by atoms with Crippen molar-refractivity contribution < 1.29 is 37.9 Å². The van der Waals surface area contributed by atoms with Crippen LogP contribution in [0.25, 0.3) is 0 Å². The lowest BCUT2D eigenvalue weighted by Gasteiger charge is -2.22. The van der Waals surface area contributed by atoms with Crippen molar-refractivity contribution in [2.45, 2.75) is 149 Å². The molecule has 1 unspecified atom stereocenters. The molecule has 13 heteroatoms. The molecule has 1 aliphatic heterocycles. The molecule has 12 nitrogen and oxygen atoms in total. The molecule has 0 radical (unpaired) electrons. The van der Waals surface area contributed by atoms with Gasteiger partial charge in [0, 0.05) is 12.1 Å². The van der Waals surface area contributed by atoms with Gasteiger partial charge in [-0.3, -0.25) is 19.2 Å². The van der Waals surface area contributed by atoms with E-state index < -0.39 is 41.2 Å². The Morgan fingerprint density at radius 3 is 1.98 bits per heavy atom. The number of benzene rings is 1. The van der Waals surface area contributed by atoms with Crippen LogP contribution in [-0.2, 0) is 19.1 Å². The normalized spacial score (nSPS) is 14.4. The molecular weight excluding hydrogens is 676 g/mol. The highest BCUT2D eigenvalue weighted by Gasteiger charge is 2.54. The fourth-order valence-electron chi connectivity index (χ4n) is 5.92. The second-order valence-electron chi connectivity index (χ2n) is 13.6. The molecule has 1 saturated heterocycles. The van der Waals surface area contributed by atoms with Gasteiger partial charge in [-0.25, -0.2) is 9.69 Å². The summed E-state index contributed by atoms with van der Waals surface area (Å²) in [5, 5.41) is 5.43. The van der Waals surface area contributed by atoms with Gasteiger partial charge >= 0.3 is 6.09 Å². The summed E-state index contributed by atoms with van der Waals surface area (Å²) < 4.78 is 15.9. The van der Waals surface area contributed by atoms with Gasteiger partial charge in [0.1, 0.15) is 0 Å². The van der Waals surface area contributed by atoms with Crippen LogP contribution < -0.4 is 15.4 Å². The number of hydrogen-bond donors (Lipinski definition) is 2. The maximum absolute atomic E-state index is 13.7. The molecule has 1 aromatic carbocycles. The number of aryl methyl sites for hydroxylation is 1. The summed E-state index contributed by atoms with van der Waals surface area (Å²) in [5.74, 6) is -3.56. The number of nitrogens with one attached hydrogen (secondary N) is 2. The van der Waals surface area contributed by atoms with Crippen LogP contribution in [0.1, 0.15) is 147 Å². The third kappa shape index (κ3) is 12.7. The predicted molar refractivity (Wildman–Crippen MR) is 196 cm³/mol. The third-order valence-corrected chi connectivity index (χ3v) is 9.12. The summed E-state index contributed by atoms with van der Waals surface area (Å²) in [7, 11) is 0. The first-order valence-corrected chi connectivity index (χ1v) is 18.9. The Balaban J connectivity index is 1.51. The average molecular weight is 731 g/mol. The van der Waals surface area contributed by atoms with E-state index in [2.05, 4.69) is 22.5 Å². The quantitative estimate of drug-likeness (QED) is 0.0610. The number of unbranched alkanes of at least 4 members (excludes halogenated alkanes) is 14. The molecule has 1 atom stereocenters. The van der Waals surface area contributed by atoms with E-state index in [0.717, 1.165) is 19.3 Å². The number of ether oxygens (including phenoxy) is 2. The van der Waals surface area contributed by atoms with Crippen molar-refractivity contribution in [3.8, 4) is 5.88 Å². The van der Waals surface area contributed by atoms with Crippen molar-refractivity contribution in [2.75, 3.05) is 17.2 Å². The van der Waals surface area contributed by atoms with Crippen molar-refractivity contribution in [1.29, 1.82) is 0 Å². The topological polar surface area (TPSA) is 157 Å². The minimum atomic E-state index is -2.04. The first-order valence-electron chi connectivity index (χ1n) is 18.5. The molecule has 0 saturated carbocycles. The van der Waals surface area contributed by atoms with Crippen LogP contribution in [0.5, 0.6) is 5.88 Å². The second-order valence-corrected chi connectivity index (χ2v) is 14.0. The van der Waals surface area contributed by atoms with Crippen molar-refractivity contribution in [2.24, 2.45) is 0 Å². The molecule has 4 amide bonds. The molecule has 0 spiro atoms. The van der Waals surface area contributed by atoms with Crippen molar-refractivity contribution >= 4 is 52.6 Å². The molecule has 51 heavy (non-hydrogen) atoms. The molecule has 0 aliphatic carbocycles. The maximum Gasteiger partial charge on any atom is 0.418 e. The number of halogens is 1. The summed E-state index contributed by atoms with van der Waals surface area (Å²) in [5.41, 5.74) is -1.21. The van der Waals surface area contributed by atoms with E-state index >= 15 is 0 Å². The second kappa shape index (κ2) is 20.8. The zero-order valence-electron chi connectivity index (χ0n) is 30.9. The van der Waals surface area contributed by atoms with Crippen molar-refractivity contribution in [3.05, 3.63) is 34.9 Å². The zero-order chi connectivity index (χ0) is 37.4. The third-order valence-electron chi connectivity index (χ3n) is 8.79. The number of imide groups is 1. The Morgan fingerprint density at radius 2 is 1.45 bits per heavy atom. The minimum absolute atomic E-state index is 0.0338. The molecule has 0 bridgehead atoms. The monoisotopic (exact) mass is 730 g/mol. The lowest BCUT2D eigenvalue weighted by Crippen LogP contribution is -2.53. The molecule has 2 heterocycles. The lowest BCUT2D eigenvalue weighted by atomic mass is 10.0. The molecule has 2 N–H and O–H groups in total. The highest BCUT2D eigenvalue weighted by molar-refractivity contribution is 6.34. The molecular formula is C38H55ClN4O8. The van der Waals surface area contributed by atoms with Crippen LogP contribution in [0.4, 0.5) is 16.2 Å². The Bertz CT molecular complexity index is 1490. The van der Waals surface area contributed by atoms with Gasteiger partial charge in [-0.15, -0.1) is 0 Å². The smallest absolute Gasteiger partial charge is 0.418 e. The molecule has 3 rings (SSSR count). The first kappa shape index (κ1) is 41.5. The number of carbonyl (C=O) groups is 5. The number of amides is 4. The van der Waals surface area contributed by atoms with E-state index in [1.54, 1.807) is 13.0 Å². The summed E-state index contributed by atoms with van der Waals surface area (Å²) in [6.07, 6.45) is 17.7. The Labute approximate surface area is 306 Å². The van der Waals surface area contributed by atoms with Gasteiger partial charge in [0.15, 0.2) is 17.4 Å². The van der Waals surface area contributed by atoms with Crippen LogP contribution in [-0.4, -0.2) is 57.7 Å². The Kier molecular flexibility index (Phi) is 16.9. The molecule has 282 valence electrons. The van der Waals surface area contributed by atoms with Gasteiger partial charge in [-0.2, -0.15) is 4.98 Å². The fourth-order valence-corrected chi connectivity index (χ4v) is 6.08. The molecule has 1 aliphatic rings. The van der Waals surface area contributed by atoms with Gasteiger partial charge in [0.25, 0.3) is 29.4 Å². The van der Waals surface area contributed by atoms with E-state index in [1.165, 1.54) is 110 Å². The van der Waals surface area contributed by atoms with E-state index in [9.17, 15) is 24.0 Å². The molecule has 1 aromatic heterocycles. The SMILES string of the molecule is CCCCCCCCCCCCCCCCCC(=O)Nc1ccc(Cl)c(NC(=O)C(C(=O)c2nc(OCC)c(C)o2)N2C(=O)OC(C)(C)C2=O)c1. The van der Waals surface area contributed by atoms with Crippen LogP contribution in [0.2, 0.25) is 5.02 Å². The minimum Gasteiger partial charge on any atom is -0.475 e. The summed E-state index contributed by atoms with van der Waals surface area (Å²) in [4.78, 5) is 70.5. The number of Topliss-reactive ketones (excluding diaryl/α,β-unsaturated/α-hetero) is 1. The summed E-state index contributed by atoms with van der Waals surface area (Å²) in [6.45, 7) is 8.41. The van der Waals surface area contributed by atoms with Gasteiger partial charge in [-0.05, 0) is 52.3 Å². The number of ketones is 1. The number of cyclic esters (lactones) is 1. The van der Waals surface area contributed by atoms with Crippen molar-refractivity contribution in [1.82, 2.24) is 9.88 Å². The number of oxazole rings is 1. The number of rotatable bonds is 24. The standard InChI is InChI=1S/C38H55ClN4O8/c1-6-8-9-10-11-12-13-14-15-16-17-18-19-20-21-22-30(44)40-27-23-24-28(39)29(25-27)41-33(46)31(43-36(47)38(4,5)51-37(43)48)32(45)35-42-34(49-7-2)26(3)50-35/h23-25,31H,6-22H2,1-5H3,(H,40,44)(H,41,46). The highest BCUT2D eigenvalue weighted by Crippen LogP contribution is 2.31. The maximum atomic E-state index is 13.7. The highest BCUT2D eigenvalue weighted by atomic mass is 35.5. The number of aromatic nitrogens is 1. The zero-order valence-corrected chi connectivity index (χ0v) is 31.6. The van der Waals surface area contributed by atoms with E-state index in [-0.39, 0.29) is 34.9 Å². The predicted octanol–water partition coefficient (Wildman–Crippen LogP) is 9.18. The fraction of sp³-hybridized carbons (Fsp3) is 0.632. The average Bonchev–Trinajstić information content (AvgIpc) is 3.54. The van der Waals surface area contributed by atoms with E-state index in [1.807, 2.05) is 0 Å². The van der Waals surface area contributed by atoms with E-state index in [4.69, 9.17) is 25.5 Å². The van der Waals surface area contributed by atoms with Crippen molar-refractivity contribution in [3.63, 3.8) is 0 Å². The van der Waals surface area contributed by atoms with Gasteiger partial charge < -0.3 is 24.5 Å². The molecule has 2 aromatic rings. The Hall–Kier alpha value is -3.93. The summed E-state index contributed by atoms with van der Waals surface area (Å²) in [6, 6.07) is 2.45. The van der Waals surface area contributed by atoms with Gasteiger partial charge in [0.05, 0.1) is 17.3 Å². The van der Waals surface area contributed by atoms with Crippen LogP contribution in [0.3, 0.4) is 0 Å². The molecule has 1 fully saturated rings. The number of nitrogens with zero attached hydrogens (tertiary/aromatic N) is 2. The number of anilines is 2. The first-order chi connectivity index (χ1) is 24.4. The van der Waals surface area contributed by atoms with E-state index in [0.29, 0.717) is 17.0 Å². The van der Waals surface area contributed by atoms with Crippen LogP contribution in [0.15, 0.2) is 22.6 Å². The van der Waals surface area contributed by atoms with Crippen LogP contribution >= 0.6 is 11.6 Å². The largest absolute Gasteiger partial charge is 0.475 e. The van der Waals surface area contributed by atoms with Gasteiger partial charge in [-0.1, -0.05) is 108 Å². The number of hydrogen-bond acceptors (Lipinski definition) is 9. The Morgan fingerprint density at radius 1 is 0.882 bits per heavy atom. The summed E-state index contributed by atoms with van der Waals surface area (Å²) >= 11 is 6.37. The van der Waals surface area contributed by atoms with Crippen LogP contribution in [0, 0.1) is 6.92 Å². The lowest BCUT2D eigenvalue weighted by molar-refractivity contribution is -0.137. The number of carbonyl (C=O) groups excluding carboxylic acids is 5. The van der Waals surface area contributed by atoms with Gasteiger partial charge in [0.2, 0.25) is 5.91 Å².